The number of rotatable bonds is 4. The summed E-state index contributed by atoms with van der Waals surface area (Å²) in [4.78, 5) is 5.31. The summed E-state index contributed by atoms with van der Waals surface area (Å²) >= 11 is 0. The lowest BCUT2D eigenvalue weighted by molar-refractivity contribution is 0.0878. The molecule has 106 valence electrons. The van der Waals surface area contributed by atoms with E-state index in [4.69, 9.17) is 5.73 Å². The molecule has 2 fully saturated rings. The average molecular weight is 253 g/mol. The van der Waals surface area contributed by atoms with Crippen LogP contribution in [0.2, 0.25) is 0 Å². The Labute approximate surface area is 113 Å². The molecule has 1 unspecified atom stereocenters. The van der Waals surface area contributed by atoms with Gasteiger partial charge in [-0.2, -0.15) is 0 Å². The molecule has 3 heteroatoms. The van der Waals surface area contributed by atoms with E-state index in [0.717, 1.165) is 12.6 Å². The lowest BCUT2D eigenvalue weighted by Gasteiger charge is -2.41. The summed E-state index contributed by atoms with van der Waals surface area (Å²) in [6, 6.07) is 1.20. The normalized spacial score (nSPS) is 26.7. The predicted octanol–water partition coefficient (Wildman–Crippen LogP) is 1.92. The van der Waals surface area contributed by atoms with Crippen LogP contribution in [0.3, 0.4) is 0 Å². The largest absolute Gasteiger partial charge is 0.326 e. The molecule has 3 nitrogen and oxygen atoms in total. The Bertz CT molecular complexity index is 228. The number of likely N-dealkylation sites (tertiary alicyclic amines) is 2. The summed E-state index contributed by atoms with van der Waals surface area (Å²) in [7, 11) is 0. The van der Waals surface area contributed by atoms with Crippen molar-refractivity contribution in [2.24, 2.45) is 11.7 Å². The van der Waals surface area contributed by atoms with Crippen molar-refractivity contribution < 1.29 is 0 Å². The van der Waals surface area contributed by atoms with Gasteiger partial charge in [0.15, 0.2) is 0 Å². The van der Waals surface area contributed by atoms with E-state index < -0.39 is 0 Å². The zero-order valence-corrected chi connectivity index (χ0v) is 12.3. The SMILES string of the molecule is CC(C)C(N)CN1CCC(N2CCCCC2)CC1. The maximum Gasteiger partial charge on any atom is 0.0191 e. The molecule has 18 heavy (non-hydrogen) atoms. The maximum atomic E-state index is 6.17. The molecule has 0 aromatic rings. The second-order valence-corrected chi connectivity index (χ2v) is 6.54. The number of nitrogens with two attached hydrogens (primary N) is 1. The standard InChI is InChI=1S/C15H31N3/c1-13(2)15(16)12-17-10-6-14(7-11-17)18-8-4-3-5-9-18/h13-15H,3-12,16H2,1-2H3. The van der Waals surface area contributed by atoms with E-state index in [1.54, 1.807) is 0 Å². The summed E-state index contributed by atoms with van der Waals surface area (Å²) in [5.74, 6) is 0.602. The molecule has 0 aromatic heterocycles. The van der Waals surface area contributed by atoms with E-state index in [0.29, 0.717) is 12.0 Å². The van der Waals surface area contributed by atoms with Gasteiger partial charge in [-0.3, -0.25) is 0 Å². The van der Waals surface area contributed by atoms with Crippen LogP contribution in [-0.2, 0) is 0 Å². The Morgan fingerprint density at radius 1 is 1.00 bits per heavy atom. The Kier molecular flexibility index (Phi) is 5.46. The average Bonchev–Trinajstić information content (AvgIpc) is 2.40. The Morgan fingerprint density at radius 2 is 1.61 bits per heavy atom. The van der Waals surface area contributed by atoms with Gasteiger partial charge in [-0.15, -0.1) is 0 Å². The highest BCUT2D eigenvalue weighted by Crippen LogP contribution is 2.21. The highest BCUT2D eigenvalue weighted by atomic mass is 15.2. The summed E-state index contributed by atoms with van der Waals surface area (Å²) in [5.41, 5.74) is 6.17. The van der Waals surface area contributed by atoms with Crippen molar-refractivity contribution in [3.63, 3.8) is 0 Å². The maximum absolute atomic E-state index is 6.17. The van der Waals surface area contributed by atoms with E-state index in [1.165, 1.54) is 58.3 Å². The van der Waals surface area contributed by atoms with Crippen LogP contribution in [0.25, 0.3) is 0 Å². The van der Waals surface area contributed by atoms with Gasteiger partial charge in [0.25, 0.3) is 0 Å². The molecule has 0 aliphatic carbocycles. The van der Waals surface area contributed by atoms with Crippen molar-refractivity contribution in [1.82, 2.24) is 9.80 Å². The first-order valence-electron chi connectivity index (χ1n) is 7.89. The number of hydrogen-bond donors (Lipinski definition) is 1. The smallest absolute Gasteiger partial charge is 0.0191 e. The second kappa shape index (κ2) is 6.88. The van der Waals surface area contributed by atoms with Gasteiger partial charge in [0.1, 0.15) is 0 Å². The minimum atomic E-state index is 0.344. The van der Waals surface area contributed by atoms with Crippen molar-refractivity contribution >= 4 is 0 Å². The molecule has 2 N–H and O–H groups in total. The molecule has 2 rings (SSSR count). The van der Waals surface area contributed by atoms with Gasteiger partial charge in [0.2, 0.25) is 0 Å². The van der Waals surface area contributed by atoms with Crippen molar-refractivity contribution in [2.45, 2.75) is 58.0 Å². The quantitative estimate of drug-likeness (QED) is 0.831. The molecule has 1 atom stereocenters. The van der Waals surface area contributed by atoms with Crippen LogP contribution >= 0.6 is 0 Å². The highest BCUT2D eigenvalue weighted by Gasteiger charge is 2.26. The minimum Gasteiger partial charge on any atom is -0.326 e. The highest BCUT2D eigenvalue weighted by molar-refractivity contribution is 4.83. The van der Waals surface area contributed by atoms with Crippen molar-refractivity contribution in [1.29, 1.82) is 0 Å². The molecule has 0 bridgehead atoms. The number of nitrogens with zero attached hydrogens (tertiary/aromatic N) is 2. The summed E-state index contributed by atoms with van der Waals surface area (Å²) in [6.07, 6.45) is 6.98. The summed E-state index contributed by atoms with van der Waals surface area (Å²) in [5, 5.41) is 0. The second-order valence-electron chi connectivity index (χ2n) is 6.54. The minimum absolute atomic E-state index is 0.344. The van der Waals surface area contributed by atoms with Crippen LogP contribution in [-0.4, -0.2) is 54.6 Å². The third kappa shape index (κ3) is 3.94. The third-order valence-electron chi connectivity index (χ3n) is 4.79. The molecule has 2 aliphatic rings. The lowest BCUT2D eigenvalue weighted by Crippen LogP contribution is -2.49. The first-order valence-corrected chi connectivity index (χ1v) is 7.89. The fourth-order valence-electron chi connectivity index (χ4n) is 3.26. The first kappa shape index (κ1) is 14.3. The Hall–Kier alpha value is -0.120. The van der Waals surface area contributed by atoms with Crippen LogP contribution in [0.5, 0.6) is 0 Å². The van der Waals surface area contributed by atoms with Crippen LogP contribution in [0.15, 0.2) is 0 Å². The molecular weight excluding hydrogens is 222 g/mol. The Morgan fingerprint density at radius 3 is 2.17 bits per heavy atom. The van der Waals surface area contributed by atoms with E-state index in [2.05, 4.69) is 23.6 Å². The van der Waals surface area contributed by atoms with E-state index >= 15 is 0 Å². The van der Waals surface area contributed by atoms with Crippen molar-refractivity contribution in [3.8, 4) is 0 Å². The summed E-state index contributed by atoms with van der Waals surface area (Å²) < 4.78 is 0. The molecule has 0 aromatic carbocycles. The van der Waals surface area contributed by atoms with Crippen LogP contribution in [0.1, 0.15) is 46.0 Å². The molecule has 0 radical (unpaired) electrons. The Balaban J connectivity index is 1.70. The topological polar surface area (TPSA) is 32.5 Å². The van der Waals surface area contributed by atoms with Gasteiger partial charge in [-0.1, -0.05) is 20.3 Å². The van der Waals surface area contributed by atoms with Crippen molar-refractivity contribution in [3.05, 3.63) is 0 Å². The lowest BCUT2D eigenvalue weighted by atomic mass is 9.98. The zero-order chi connectivity index (χ0) is 13.0. The molecule has 0 spiro atoms. The fourth-order valence-corrected chi connectivity index (χ4v) is 3.26. The molecule has 0 amide bonds. The van der Waals surface area contributed by atoms with E-state index in [9.17, 15) is 0 Å². The van der Waals surface area contributed by atoms with Gasteiger partial charge >= 0.3 is 0 Å². The third-order valence-corrected chi connectivity index (χ3v) is 4.79. The van der Waals surface area contributed by atoms with Gasteiger partial charge < -0.3 is 15.5 Å². The van der Waals surface area contributed by atoms with E-state index in [-0.39, 0.29) is 0 Å². The number of piperidine rings is 2. The predicted molar refractivity (Wildman–Crippen MR) is 77.7 cm³/mol. The van der Waals surface area contributed by atoms with Gasteiger partial charge in [0.05, 0.1) is 0 Å². The zero-order valence-electron chi connectivity index (χ0n) is 12.3. The van der Waals surface area contributed by atoms with E-state index in [1.807, 2.05) is 0 Å². The first-order chi connectivity index (χ1) is 8.66. The van der Waals surface area contributed by atoms with Gasteiger partial charge in [-0.05, 0) is 57.8 Å². The molecule has 2 saturated heterocycles. The van der Waals surface area contributed by atoms with Gasteiger partial charge in [-0.25, -0.2) is 0 Å². The van der Waals surface area contributed by atoms with Crippen molar-refractivity contribution in [2.75, 3.05) is 32.7 Å². The van der Waals surface area contributed by atoms with Crippen LogP contribution in [0.4, 0.5) is 0 Å². The molecule has 2 aliphatic heterocycles. The number of hydrogen-bond acceptors (Lipinski definition) is 3. The summed E-state index contributed by atoms with van der Waals surface area (Å²) in [6.45, 7) is 10.7. The van der Waals surface area contributed by atoms with Crippen LogP contribution < -0.4 is 5.73 Å². The monoisotopic (exact) mass is 253 g/mol. The molecular formula is C15H31N3. The molecule has 2 heterocycles. The van der Waals surface area contributed by atoms with Gasteiger partial charge in [0, 0.05) is 18.6 Å². The van der Waals surface area contributed by atoms with Crippen LogP contribution in [0, 0.1) is 5.92 Å². The molecule has 0 saturated carbocycles. The fraction of sp³-hybridized carbons (Fsp3) is 1.00.